The zero-order chi connectivity index (χ0) is 8.27. The van der Waals surface area contributed by atoms with Crippen molar-refractivity contribution in [1.29, 1.82) is 0 Å². The van der Waals surface area contributed by atoms with E-state index < -0.39 is 5.97 Å². The predicted octanol–water partition coefficient (Wildman–Crippen LogP) is -0.0858. The van der Waals surface area contributed by atoms with Crippen molar-refractivity contribution in [3.05, 3.63) is 11.7 Å². The number of hydrogen-bond donors (Lipinski definition) is 1. The second-order valence-electron chi connectivity index (χ2n) is 1.75. The standard InChI is InChI=1S/C5H6N2O4/c1-10-2-3-6-4(5(8)9)7-11-3/h2H2,1H3,(H,8,9). The largest absolute Gasteiger partial charge is 0.475 e. The minimum atomic E-state index is -1.21. The molecule has 0 aliphatic heterocycles. The summed E-state index contributed by atoms with van der Waals surface area (Å²) in [6.07, 6.45) is 0. The fourth-order valence-electron chi connectivity index (χ4n) is 0.524. The Hall–Kier alpha value is -1.43. The van der Waals surface area contributed by atoms with Crippen LogP contribution in [0.25, 0.3) is 0 Å². The number of carbonyl (C=O) groups is 1. The average molecular weight is 158 g/mol. The molecule has 6 nitrogen and oxygen atoms in total. The van der Waals surface area contributed by atoms with Gasteiger partial charge in [-0.3, -0.25) is 0 Å². The van der Waals surface area contributed by atoms with Gasteiger partial charge in [0.05, 0.1) is 0 Å². The Balaban J connectivity index is 2.73. The zero-order valence-corrected chi connectivity index (χ0v) is 5.77. The van der Waals surface area contributed by atoms with Crippen molar-refractivity contribution in [2.75, 3.05) is 7.11 Å². The van der Waals surface area contributed by atoms with Crippen LogP contribution in [0.2, 0.25) is 0 Å². The van der Waals surface area contributed by atoms with Crippen LogP contribution in [0, 0.1) is 0 Å². The van der Waals surface area contributed by atoms with Gasteiger partial charge in [-0.05, 0) is 5.16 Å². The molecule has 0 radical (unpaired) electrons. The third-order valence-corrected chi connectivity index (χ3v) is 0.927. The first-order valence-corrected chi connectivity index (χ1v) is 2.79. The summed E-state index contributed by atoms with van der Waals surface area (Å²) in [4.78, 5) is 13.7. The predicted molar refractivity (Wildman–Crippen MR) is 32.0 cm³/mol. The minimum Gasteiger partial charge on any atom is -0.475 e. The summed E-state index contributed by atoms with van der Waals surface area (Å²) in [7, 11) is 1.45. The lowest BCUT2D eigenvalue weighted by Gasteiger charge is -1.85. The fourth-order valence-corrected chi connectivity index (χ4v) is 0.524. The van der Waals surface area contributed by atoms with Gasteiger partial charge < -0.3 is 14.4 Å². The van der Waals surface area contributed by atoms with Gasteiger partial charge in [0.2, 0.25) is 0 Å². The van der Waals surface area contributed by atoms with Crippen LogP contribution < -0.4 is 0 Å². The molecule has 1 aromatic rings. The van der Waals surface area contributed by atoms with Gasteiger partial charge in [-0.1, -0.05) is 0 Å². The number of hydrogen-bond acceptors (Lipinski definition) is 5. The molecule has 0 bridgehead atoms. The maximum Gasteiger partial charge on any atom is 0.377 e. The van der Waals surface area contributed by atoms with E-state index in [1.54, 1.807) is 0 Å². The van der Waals surface area contributed by atoms with E-state index in [4.69, 9.17) is 5.11 Å². The summed E-state index contributed by atoms with van der Waals surface area (Å²) in [6.45, 7) is 0.125. The lowest BCUT2D eigenvalue weighted by atomic mass is 10.6. The molecule has 0 aliphatic rings. The first kappa shape index (κ1) is 7.67. The topological polar surface area (TPSA) is 85.5 Å². The van der Waals surface area contributed by atoms with E-state index in [0.717, 1.165) is 0 Å². The summed E-state index contributed by atoms with van der Waals surface area (Å²) in [6, 6.07) is 0. The van der Waals surface area contributed by atoms with Crippen LogP contribution in [-0.2, 0) is 11.3 Å². The second kappa shape index (κ2) is 3.11. The number of aromatic carboxylic acids is 1. The quantitative estimate of drug-likeness (QED) is 0.661. The smallest absolute Gasteiger partial charge is 0.377 e. The number of ether oxygens (including phenoxy) is 1. The summed E-state index contributed by atoms with van der Waals surface area (Å²) in [5.41, 5.74) is 0. The van der Waals surface area contributed by atoms with E-state index in [9.17, 15) is 4.79 Å². The molecule has 0 saturated heterocycles. The summed E-state index contributed by atoms with van der Waals surface area (Å²) in [5.74, 6) is -1.40. The van der Waals surface area contributed by atoms with E-state index in [1.165, 1.54) is 7.11 Å². The van der Waals surface area contributed by atoms with Crippen molar-refractivity contribution < 1.29 is 19.2 Å². The Kier molecular flexibility index (Phi) is 2.17. The molecular weight excluding hydrogens is 152 g/mol. The molecule has 11 heavy (non-hydrogen) atoms. The molecule has 1 N–H and O–H groups in total. The Bertz CT molecular complexity index is 257. The van der Waals surface area contributed by atoms with E-state index >= 15 is 0 Å². The maximum absolute atomic E-state index is 10.2. The average Bonchev–Trinajstić information content (AvgIpc) is 2.37. The highest BCUT2D eigenvalue weighted by atomic mass is 16.5. The van der Waals surface area contributed by atoms with Crippen molar-refractivity contribution in [2.24, 2.45) is 0 Å². The van der Waals surface area contributed by atoms with Gasteiger partial charge in [0.1, 0.15) is 6.61 Å². The highest BCUT2D eigenvalue weighted by Crippen LogP contribution is 1.97. The van der Waals surface area contributed by atoms with Crippen LogP contribution in [0.1, 0.15) is 16.5 Å². The first-order chi connectivity index (χ1) is 5.24. The molecule has 1 aromatic heterocycles. The van der Waals surface area contributed by atoms with E-state index in [1.807, 2.05) is 0 Å². The van der Waals surface area contributed by atoms with Crippen molar-refractivity contribution in [2.45, 2.75) is 6.61 Å². The summed E-state index contributed by atoms with van der Waals surface area (Å²) < 4.78 is 9.13. The second-order valence-corrected chi connectivity index (χ2v) is 1.75. The molecule has 1 rings (SSSR count). The van der Waals surface area contributed by atoms with Gasteiger partial charge in [0, 0.05) is 7.11 Å². The Morgan fingerprint density at radius 2 is 2.55 bits per heavy atom. The van der Waals surface area contributed by atoms with Crippen LogP contribution in [0.5, 0.6) is 0 Å². The van der Waals surface area contributed by atoms with Crippen LogP contribution in [0.4, 0.5) is 0 Å². The van der Waals surface area contributed by atoms with E-state index in [0.29, 0.717) is 0 Å². The number of rotatable bonds is 3. The van der Waals surface area contributed by atoms with Crippen molar-refractivity contribution in [3.63, 3.8) is 0 Å². The van der Waals surface area contributed by atoms with Crippen LogP contribution >= 0.6 is 0 Å². The minimum absolute atomic E-state index is 0.125. The molecule has 0 aliphatic carbocycles. The summed E-state index contributed by atoms with van der Waals surface area (Å²) >= 11 is 0. The Morgan fingerprint density at radius 1 is 1.82 bits per heavy atom. The third-order valence-electron chi connectivity index (χ3n) is 0.927. The zero-order valence-electron chi connectivity index (χ0n) is 5.77. The molecule has 0 atom stereocenters. The molecule has 0 fully saturated rings. The van der Waals surface area contributed by atoms with E-state index in [-0.39, 0.29) is 18.3 Å². The normalized spacial score (nSPS) is 9.91. The first-order valence-electron chi connectivity index (χ1n) is 2.79. The van der Waals surface area contributed by atoms with Crippen molar-refractivity contribution in [1.82, 2.24) is 10.1 Å². The van der Waals surface area contributed by atoms with Crippen molar-refractivity contribution in [3.8, 4) is 0 Å². The van der Waals surface area contributed by atoms with Gasteiger partial charge in [-0.2, -0.15) is 4.98 Å². The Labute approximate surface area is 61.8 Å². The number of nitrogens with zero attached hydrogens (tertiary/aromatic N) is 2. The number of carboxylic acids is 1. The van der Waals surface area contributed by atoms with Gasteiger partial charge in [0.25, 0.3) is 11.7 Å². The van der Waals surface area contributed by atoms with Gasteiger partial charge in [-0.25, -0.2) is 4.79 Å². The fraction of sp³-hybridized carbons (Fsp3) is 0.400. The summed E-state index contributed by atoms with van der Waals surface area (Å²) in [5, 5.41) is 11.5. The molecular formula is C5H6N2O4. The van der Waals surface area contributed by atoms with Crippen molar-refractivity contribution >= 4 is 5.97 Å². The molecule has 0 spiro atoms. The molecule has 0 aromatic carbocycles. The monoisotopic (exact) mass is 158 g/mol. The van der Waals surface area contributed by atoms with Gasteiger partial charge in [-0.15, -0.1) is 0 Å². The van der Waals surface area contributed by atoms with Crippen LogP contribution in [-0.4, -0.2) is 28.3 Å². The van der Waals surface area contributed by atoms with E-state index in [2.05, 4.69) is 19.4 Å². The lowest BCUT2D eigenvalue weighted by molar-refractivity contribution is 0.0680. The number of aromatic nitrogens is 2. The molecule has 6 heteroatoms. The highest BCUT2D eigenvalue weighted by molar-refractivity contribution is 5.82. The highest BCUT2D eigenvalue weighted by Gasteiger charge is 2.11. The lowest BCUT2D eigenvalue weighted by Crippen LogP contribution is -1.98. The molecule has 0 unspecified atom stereocenters. The third kappa shape index (κ3) is 1.74. The SMILES string of the molecule is COCc1nc(C(=O)O)no1. The maximum atomic E-state index is 10.2. The molecule has 1 heterocycles. The Morgan fingerprint density at radius 3 is 3.00 bits per heavy atom. The van der Waals surface area contributed by atoms with Gasteiger partial charge in [0.15, 0.2) is 0 Å². The molecule has 0 amide bonds. The molecule has 60 valence electrons. The number of methoxy groups -OCH3 is 1. The van der Waals surface area contributed by atoms with Crippen LogP contribution in [0.3, 0.4) is 0 Å². The molecule has 0 saturated carbocycles. The number of carboxylic acid groups (broad SMARTS) is 1. The van der Waals surface area contributed by atoms with Crippen LogP contribution in [0.15, 0.2) is 4.52 Å². The van der Waals surface area contributed by atoms with Gasteiger partial charge >= 0.3 is 5.97 Å².